The number of pyridine rings is 1. The molecule has 0 amide bonds. The van der Waals surface area contributed by atoms with Gasteiger partial charge < -0.3 is 15.2 Å². The molecule has 1 atom stereocenters. The number of aromatic nitrogens is 1. The highest BCUT2D eigenvalue weighted by Gasteiger charge is 2.21. The highest BCUT2D eigenvalue weighted by Crippen LogP contribution is 2.30. The van der Waals surface area contributed by atoms with Crippen molar-refractivity contribution in [1.29, 1.82) is 0 Å². The first kappa shape index (κ1) is 14.7. The summed E-state index contributed by atoms with van der Waals surface area (Å²) in [6.45, 7) is -0.474. The van der Waals surface area contributed by atoms with Gasteiger partial charge in [0, 0.05) is 12.3 Å². The lowest BCUT2D eigenvalue weighted by Crippen LogP contribution is -2.34. The number of hydrogen-bond donors (Lipinski definition) is 2. The van der Waals surface area contributed by atoms with Gasteiger partial charge in [-0.25, -0.2) is 4.79 Å². The minimum Gasteiger partial charge on any atom is -0.467 e. The summed E-state index contributed by atoms with van der Waals surface area (Å²) in [6, 6.07) is 4.94. The standard InChI is InChI=1S/C13H13N3O5/c1-21-13(18)10(7-17)15-9-4-5-11(16(19)20)8-3-2-6-14-12(8)9/h2-6,10,15,17H,7H2,1H3. The van der Waals surface area contributed by atoms with E-state index in [1.807, 2.05) is 0 Å². The fourth-order valence-corrected chi connectivity index (χ4v) is 1.94. The van der Waals surface area contributed by atoms with E-state index < -0.39 is 23.5 Å². The second-order valence-corrected chi connectivity index (χ2v) is 4.19. The Kier molecular flexibility index (Phi) is 4.29. The van der Waals surface area contributed by atoms with Gasteiger partial charge >= 0.3 is 5.97 Å². The van der Waals surface area contributed by atoms with E-state index in [0.717, 1.165) is 0 Å². The number of hydrogen-bond acceptors (Lipinski definition) is 7. The van der Waals surface area contributed by atoms with Gasteiger partial charge in [-0.3, -0.25) is 15.1 Å². The summed E-state index contributed by atoms with van der Waals surface area (Å²) in [5.74, 6) is -0.639. The summed E-state index contributed by atoms with van der Waals surface area (Å²) in [5, 5.41) is 23.3. The maximum atomic E-state index is 11.5. The molecule has 1 aromatic carbocycles. The Hall–Kier alpha value is -2.74. The van der Waals surface area contributed by atoms with E-state index in [9.17, 15) is 20.0 Å². The minimum atomic E-state index is -0.971. The van der Waals surface area contributed by atoms with Crippen LogP contribution in [0, 0.1) is 10.1 Å². The van der Waals surface area contributed by atoms with Gasteiger partial charge in [-0.05, 0) is 18.2 Å². The maximum absolute atomic E-state index is 11.5. The Morgan fingerprint density at radius 2 is 2.29 bits per heavy atom. The third-order valence-electron chi connectivity index (χ3n) is 2.94. The van der Waals surface area contributed by atoms with Gasteiger partial charge in [-0.1, -0.05) is 0 Å². The Labute approximate surface area is 119 Å². The average molecular weight is 291 g/mol. The number of nitrogens with zero attached hydrogens (tertiary/aromatic N) is 2. The molecule has 110 valence electrons. The number of esters is 1. The van der Waals surface area contributed by atoms with Crippen LogP contribution in [0.15, 0.2) is 30.5 Å². The third-order valence-corrected chi connectivity index (χ3v) is 2.94. The van der Waals surface area contributed by atoms with Crippen LogP contribution in [0.3, 0.4) is 0 Å². The zero-order valence-corrected chi connectivity index (χ0v) is 11.1. The molecule has 2 rings (SSSR count). The van der Waals surface area contributed by atoms with Crippen molar-refractivity contribution in [3.8, 4) is 0 Å². The summed E-state index contributed by atoms with van der Waals surface area (Å²) < 4.78 is 4.56. The molecule has 2 aromatic rings. The van der Waals surface area contributed by atoms with Crippen molar-refractivity contribution < 1.29 is 19.6 Å². The van der Waals surface area contributed by atoms with Crippen LogP contribution in [0.25, 0.3) is 10.9 Å². The summed E-state index contributed by atoms with van der Waals surface area (Å²) in [7, 11) is 1.21. The number of ether oxygens (including phenoxy) is 1. The number of nitrogens with one attached hydrogen (secondary N) is 1. The lowest BCUT2D eigenvalue weighted by molar-refractivity contribution is -0.383. The number of aliphatic hydroxyl groups is 1. The molecule has 0 aliphatic carbocycles. The summed E-state index contributed by atoms with van der Waals surface area (Å²) in [6.07, 6.45) is 1.49. The minimum absolute atomic E-state index is 0.0812. The fraction of sp³-hybridized carbons (Fsp3) is 0.231. The number of anilines is 1. The quantitative estimate of drug-likeness (QED) is 0.481. The van der Waals surface area contributed by atoms with Crippen molar-refractivity contribution >= 4 is 28.2 Å². The predicted octanol–water partition coefficient (Wildman–Crippen LogP) is 1.09. The van der Waals surface area contributed by atoms with Gasteiger partial charge in [-0.2, -0.15) is 0 Å². The molecule has 0 bridgehead atoms. The fourth-order valence-electron chi connectivity index (χ4n) is 1.94. The smallest absolute Gasteiger partial charge is 0.330 e. The second kappa shape index (κ2) is 6.14. The number of methoxy groups -OCH3 is 1. The predicted molar refractivity (Wildman–Crippen MR) is 74.9 cm³/mol. The van der Waals surface area contributed by atoms with E-state index in [1.165, 1.54) is 25.4 Å². The van der Waals surface area contributed by atoms with Crippen LogP contribution >= 0.6 is 0 Å². The van der Waals surface area contributed by atoms with E-state index >= 15 is 0 Å². The van der Waals surface area contributed by atoms with E-state index in [0.29, 0.717) is 16.6 Å². The van der Waals surface area contributed by atoms with Crippen LogP contribution in [0.4, 0.5) is 11.4 Å². The number of carbonyl (C=O) groups is 1. The average Bonchev–Trinajstić information content (AvgIpc) is 2.51. The Bertz CT molecular complexity index is 689. The first-order valence-electron chi connectivity index (χ1n) is 6.05. The molecule has 0 saturated heterocycles. The number of rotatable bonds is 5. The molecule has 1 aromatic heterocycles. The normalized spacial score (nSPS) is 11.9. The SMILES string of the molecule is COC(=O)C(CO)Nc1ccc([N+](=O)[O-])c2cccnc12. The van der Waals surface area contributed by atoms with Crippen molar-refractivity contribution in [3.63, 3.8) is 0 Å². The van der Waals surface area contributed by atoms with Gasteiger partial charge in [-0.15, -0.1) is 0 Å². The largest absolute Gasteiger partial charge is 0.467 e. The number of nitro groups is 1. The molecule has 21 heavy (non-hydrogen) atoms. The summed E-state index contributed by atoms with van der Waals surface area (Å²) in [4.78, 5) is 26.1. The van der Waals surface area contributed by atoms with Gasteiger partial charge in [0.1, 0.15) is 11.6 Å². The van der Waals surface area contributed by atoms with E-state index in [2.05, 4.69) is 15.0 Å². The lowest BCUT2D eigenvalue weighted by atomic mass is 10.1. The first-order chi connectivity index (χ1) is 10.1. The van der Waals surface area contributed by atoms with Crippen LogP contribution < -0.4 is 5.32 Å². The van der Waals surface area contributed by atoms with Crippen molar-refractivity contribution in [3.05, 3.63) is 40.6 Å². The molecule has 0 fully saturated rings. The zero-order valence-electron chi connectivity index (χ0n) is 11.1. The van der Waals surface area contributed by atoms with Gasteiger partial charge in [0.25, 0.3) is 5.69 Å². The van der Waals surface area contributed by atoms with Crippen LogP contribution in [0.2, 0.25) is 0 Å². The number of non-ortho nitro benzene ring substituents is 1. The van der Waals surface area contributed by atoms with E-state index in [4.69, 9.17) is 0 Å². The number of benzene rings is 1. The molecule has 0 aliphatic heterocycles. The van der Waals surface area contributed by atoms with Crippen molar-refractivity contribution in [2.45, 2.75) is 6.04 Å². The first-order valence-corrected chi connectivity index (χ1v) is 6.05. The number of fused-ring (bicyclic) bond motifs is 1. The summed E-state index contributed by atoms with van der Waals surface area (Å²) in [5.41, 5.74) is 0.664. The van der Waals surface area contributed by atoms with Crippen LogP contribution in [0.5, 0.6) is 0 Å². The zero-order chi connectivity index (χ0) is 15.4. The van der Waals surface area contributed by atoms with Gasteiger partial charge in [0.2, 0.25) is 0 Å². The third kappa shape index (κ3) is 2.90. The number of nitro benzene ring substituents is 1. The monoisotopic (exact) mass is 291 g/mol. The highest BCUT2D eigenvalue weighted by molar-refractivity contribution is 5.97. The Morgan fingerprint density at radius 3 is 2.90 bits per heavy atom. The molecule has 8 nitrogen and oxygen atoms in total. The van der Waals surface area contributed by atoms with E-state index in [-0.39, 0.29) is 5.69 Å². The van der Waals surface area contributed by atoms with Crippen LogP contribution in [0.1, 0.15) is 0 Å². The van der Waals surface area contributed by atoms with E-state index in [1.54, 1.807) is 12.1 Å². The summed E-state index contributed by atoms with van der Waals surface area (Å²) >= 11 is 0. The molecule has 0 spiro atoms. The maximum Gasteiger partial charge on any atom is 0.330 e. The molecule has 8 heteroatoms. The molecule has 1 heterocycles. The van der Waals surface area contributed by atoms with Crippen molar-refractivity contribution in [2.24, 2.45) is 0 Å². The molecule has 1 unspecified atom stereocenters. The number of aliphatic hydroxyl groups excluding tert-OH is 1. The van der Waals surface area contributed by atoms with Crippen LogP contribution in [-0.4, -0.2) is 40.7 Å². The lowest BCUT2D eigenvalue weighted by Gasteiger charge is -2.16. The Balaban J connectivity index is 2.48. The molecule has 2 N–H and O–H groups in total. The van der Waals surface area contributed by atoms with Crippen LogP contribution in [-0.2, 0) is 9.53 Å². The second-order valence-electron chi connectivity index (χ2n) is 4.19. The molecule has 0 radical (unpaired) electrons. The molecule has 0 aliphatic rings. The van der Waals surface area contributed by atoms with Gasteiger partial charge in [0.05, 0.1) is 29.7 Å². The molecule has 0 saturated carbocycles. The highest BCUT2D eigenvalue weighted by atomic mass is 16.6. The molecular weight excluding hydrogens is 278 g/mol. The van der Waals surface area contributed by atoms with Crippen molar-refractivity contribution in [2.75, 3.05) is 19.0 Å². The van der Waals surface area contributed by atoms with Gasteiger partial charge in [0.15, 0.2) is 0 Å². The number of carbonyl (C=O) groups excluding carboxylic acids is 1. The molecular formula is C13H13N3O5. The Morgan fingerprint density at radius 1 is 1.52 bits per heavy atom. The topological polar surface area (TPSA) is 115 Å². The van der Waals surface area contributed by atoms with Crippen molar-refractivity contribution in [1.82, 2.24) is 4.98 Å².